The van der Waals surface area contributed by atoms with E-state index in [1.807, 2.05) is 18.7 Å². The molecule has 32 heavy (non-hydrogen) atoms. The van der Waals surface area contributed by atoms with Crippen molar-refractivity contribution in [3.63, 3.8) is 0 Å². The molecule has 1 fully saturated rings. The van der Waals surface area contributed by atoms with Crippen molar-refractivity contribution in [2.24, 2.45) is 0 Å². The van der Waals surface area contributed by atoms with Gasteiger partial charge >= 0.3 is 0 Å². The number of likely N-dealkylation sites (tertiary alicyclic amines) is 1. The Morgan fingerprint density at radius 3 is 2.25 bits per heavy atom. The van der Waals surface area contributed by atoms with Crippen molar-refractivity contribution >= 4 is 27.5 Å². The maximum absolute atomic E-state index is 13.3. The van der Waals surface area contributed by atoms with Gasteiger partial charge in [0.2, 0.25) is 5.91 Å². The molecule has 2 atom stereocenters. The van der Waals surface area contributed by atoms with Crippen molar-refractivity contribution < 1.29 is 18.0 Å². The quantitative estimate of drug-likeness (QED) is 0.664. The molecule has 0 aromatic heterocycles. The molecule has 8 heteroatoms. The van der Waals surface area contributed by atoms with E-state index in [4.69, 9.17) is 0 Å². The maximum atomic E-state index is 13.3. The van der Waals surface area contributed by atoms with Gasteiger partial charge in [0.25, 0.3) is 15.9 Å². The fourth-order valence-electron chi connectivity index (χ4n) is 4.14. The number of amides is 2. The summed E-state index contributed by atoms with van der Waals surface area (Å²) in [7, 11) is -3.87. The van der Waals surface area contributed by atoms with Gasteiger partial charge in [-0.05, 0) is 69.4 Å². The second kappa shape index (κ2) is 10.2. The Morgan fingerprint density at radius 1 is 1.00 bits per heavy atom. The molecule has 0 saturated carbocycles. The summed E-state index contributed by atoms with van der Waals surface area (Å²) in [5, 5.41) is 2.72. The topological polar surface area (TPSA) is 95.6 Å². The zero-order valence-corrected chi connectivity index (χ0v) is 19.6. The second-order valence-corrected chi connectivity index (χ2v) is 10.1. The first-order chi connectivity index (χ1) is 15.2. The van der Waals surface area contributed by atoms with E-state index in [2.05, 4.69) is 10.0 Å². The van der Waals surface area contributed by atoms with Gasteiger partial charge in [0.15, 0.2) is 0 Å². The summed E-state index contributed by atoms with van der Waals surface area (Å²) in [4.78, 5) is 26.3. The average molecular weight is 458 g/mol. The number of piperidine rings is 1. The van der Waals surface area contributed by atoms with E-state index in [1.54, 1.807) is 36.4 Å². The van der Waals surface area contributed by atoms with Crippen LogP contribution >= 0.6 is 0 Å². The molecule has 2 N–H and O–H groups in total. The molecular weight excluding hydrogens is 426 g/mol. The summed E-state index contributed by atoms with van der Waals surface area (Å²) in [5.74, 6) is -0.258. The Bertz CT molecular complexity index is 1060. The van der Waals surface area contributed by atoms with E-state index in [0.717, 1.165) is 24.8 Å². The Kier molecular flexibility index (Phi) is 7.56. The summed E-state index contributed by atoms with van der Waals surface area (Å²) in [6, 6.07) is 13.5. The molecule has 2 aromatic carbocycles. The predicted octanol–water partition coefficient (Wildman–Crippen LogP) is 3.57. The highest BCUT2D eigenvalue weighted by Crippen LogP contribution is 2.28. The molecule has 1 saturated heterocycles. The number of anilines is 1. The SMILES string of the molecule is CC(=O)NCCc1ccc(S(=O)(=O)Nc2ccccc2C(=O)N2[C@H](C)CCC[C@H]2C)cc1. The van der Waals surface area contributed by atoms with Crippen molar-refractivity contribution in [2.45, 2.75) is 63.4 Å². The highest BCUT2D eigenvalue weighted by molar-refractivity contribution is 7.92. The van der Waals surface area contributed by atoms with Crippen LogP contribution in [0.5, 0.6) is 0 Å². The lowest BCUT2D eigenvalue weighted by Crippen LogP contribution is -2.47. The van der Waals surface area contributed by atoms with E-state index < -0.39 is 10.0 Å². The molecule has 0 spiro atoms. The van der Waals surface area contributed by atoms with Gasteiger partial charge in [-0.25, -0.2) is 8.42 Å². The number of hydrogen-bond donors (Lipinski definition) is 2. The van der Waals surface area contributed by atoms with Crippen molar-refractivity contribution in [3.05, 3.63) is 59.7 Å². The molecule has 0 bridgehead atoms. The van der Waals surface area contributed by atoms with Crippen LogP contribution < -0.4 is 10.0 Å². The minimum atomic E-state index is -3.87. The third-order valence-electron chi connectivity index (χ3n) is 5.85. The number of nitrogens with one attached hydrogen (secondary N) is 2. The average Bonchev–Trinajstić information content (AvgIpc) is 2.74. The second-order valence-electron chi connectivity index (χ2n) is 8.37. The van der Waals surface area contributed by atoms with Crippen LogP contribution in [0.2, 0.25) is 0 Å². The van der Waals surface area contributed by atoms with E-state index in [9.17, 15) is 18.0 Å². The van der Waals surface area contributed by atoms with Gasteiger partial charge < -0.3 is 10.2 Å². The number of hydrogen-bond acceptors (Lipinski definition) is 4. The first kappa shape index (κ1) is 23.8. The van der Waals surface area contributed by atoms with Gasteiger partial charge in [0.05, 0.1) is 16.1 Å². The highest BCUT2D eigenvalue weighted by atomic mass is 32.2. The van der Waals surface area contributed by atoms with Crippen molar-refractivity contribution in [1.29, 1.82) is 0 Å². The molecule has 1 aliphatic heterocycles. The summed E-state index contributed by atoms with van der Waals surface area (Å²) in [6.45, 7) is 6.01. The van der Waals surface area contributed by atoms with Crippen LogP contribution in [0.15, 0.2) is 53.4 Å². The molecule has 0 aliphatic carbocycles. The molecule has 0 radical (unpaired) electrons. The predicted molar refractivity (Wildman–Crippen MR) is 125 cm³/mol. The zero-order valence-electron chi connectivity index (χ0n) is 18.8. The van der Waals surface area contributed by atoms with Crippen LogP contribution in [0.3, 0.4) is 0 Å². The minimum Gasteiger partial charge on any atom is -0.356 e. The molecule has 3 rings (SSSR count). The van der Waals surface area contributed by atoms with Crippen molar-refractivity contribution in [2.75, 3.05) is 11.3 Å². The van der Waals surface area contributed by atoms with Crippen LogP contribution in [-0.4, -0.2) is 43.8 Å². The first-order valence-electron chi connectivity index (χ1n) is 11.0. The van der Waals surface area contributed by atoms with Crippen molar-refractivity contribution in [1.82, 2.24) is 10.2 Å². The highest BCUT2D eigenvalue weighted by Gasteiger charge is 2.31. The lowest BCUT2D eigenvalue weighted by atomic mass is 9.96. The summed E-state index contributed by atoms with van der Waals surface area (Å²) in [5.41, 5.74) is 1.54. The molecule has 0 unspecified atom stereocenters. The smallest absolute Gasteiger partial charge is 0.261 e. The fourth-order valence-corrected chi connectivity index (χ4v) is 5.22. The molecule has 2 aromatic rings. The Labute approximate surface area is 190 Å². The number of benzene rings is 2. The van der Waals surface area contributed by atoms with Crippen molar-refractivity contribution in [3.8, 4) is 0 Å². The molecular formula is C24H31N3O4S. The third kappa shape index (κ3) is 5.68. The van der Waals surface area contributed by atoms with Gasteiger partial charge in [-0.2, -0.15) is 0 Å². The van der Waals surface area contributed by atoms with Crippen LogP contribution in [0.1, 0.15) is 56.0 Å². The molecule has 172 valence electrons. The molecule has 1 aliphatic rings. The van der Waals surface area contributed by atoms with Gasteiger partial charge in [0.1, 0.15) is 0 Å². The van der Waals surface area contributed by atoms with Crippen LogP contribution in [0.25, 0.3) is 0 Å². The van der Waals surface area contributed by atoms with Gasteiger partial charge in [-0.15, -0.1) is 0 Å². The summed E-state index contributed by atoms with van der Waals surface area (Å²) >= 11 is 0. The van der Waals surface area contributed by atoms with Crippen LogP contribution in [-0.2, 0) is 21.2 Å². The normalized spacial score (nSPS) is 18.8. The number of carbonyl (C=O) groups excluding carboxylic acids is 2. The maximum Gasteiger partial charge on any atom is 0.261 e. The largest absolute Gasteiger partial charge is 0.356 e. The van der Waals surface area contributed by atoms with Gasteiger partial charge in [-0.3, -0.25) is 14.3 Å². The van der Waals surface area contributed by atoms with Crippen LogP contribution in [0, 0.1) is 0 Å². The first-order valence-corrected chi connectivity index (χ1v) is 12.5. The zero-order chi connectivity index (χ0) is 23.3. The number of nitrogens with zero attached hydrogens (tertiary/aromatic N) is 1. The number of sulfonamides is 1. The Hall–Kier alpha value is -2.87. The number of rotatable bonds is 7. The third-order valence-corrected chi connectivity index (χ3v) is 7.23. The summed E-state index contributed by atoms with van der Waals surface area (Å²) < 4.78 is 28.6. The molecule has 1 heterocycles. The van der Waals surface area contributed by atoms with Gasteiger partial charge in [-0.1, -0.05) is 24.3 Å². The van der Waals surface area contributed by atoms with E-state index >= 15 is 0 Å². The molecule has 2 amide bonds. The minimum absolute atomic E-state index is 0.102. The lowest BCUT2D eigenvalue weighted by molar-refractivity contribution is -0.118. The molecule has 7 nitrogen and oxygen atoms in total. The Balaban J connectivity index is 1.78. The number of carbonyl (C=O) groups is 2. The van der Waals surface area contributed by atoms with Gasteiger partial charge in [0, 0.05) is 25.6 Å². The van der Waals surface area contributed by atoms with E-state index in [1.165, 1.54) is 19.1 Å². The standard InChI is InChI=1S/C24H31N3O4S/c1-17-7-6-8-18(2)27(17)24(29)22-9-4-5-10-23(22)26-32(30,31)21-13-11-20(12-14-21)15-16-25-19(3)28/h4-5,9-14,17-18,26H,6-8,15-16H2,1-3H3,(H,25,28)/t17-,18-/m1/s1. The Morgan fingerprint density at radius 2 is 1.62 bits per heavy atom. The number of para-hydroxylation sites is 1. The lowest BCUT2D eigenvalue weighted by Gasteiger charge is -2.39. The van der Waals surface area contributed by atoms with E-state index in [-0.39, 0.29) is 34.5 Å². The van der Waals surface area contributed by atoms with Crippen LogP contribution in [0.4, 0.5) is 5.69 Å². The monoisotopic (exact) mass is 457 g/mol. The summed E-state index contributed by atoms with van der Waals surface area (Å²) in [6.07, 6.45) is 3.58. The fraction of sp³-hybridized carbons (Fsp3) is 0.417. The van der Waals surface area contributed by atoms with E-state index in [0.29, 0.717) is 18.5 Å².